The maximum Gasteiger partial charge on any atom is 0.223 e. The number of amides is 2. The Hall–Kier alpha value is -3.16. The molecule has 30 heavy (non-hydrogen) atoms. The van der Waals surface area contributed by atoms with E-state index in [1.165, 1.54) is 6.20 Å². The molecule has 0 aliphatic carbocycles. The molecule has 2 aromatic rings. The van der Waals surface area contributed by atoms with Crippen LogP contribution in [0.5, 0.6) is 0 Å². The van der Waals surface area contributed by atoms with Gasteiger partial charge in [-0.05, 0) is 37.8 Å². The second-order valence-corrected chi connectivity index (χ2v) is 7.89. The second kappa shape index (κ2) is 8.69. The summed E-state index contributed by atoms with van der Waals surface area (Å²) in [5.74, 6) is 0.266. The Balaban J connectivity index is 1.40. The molecule has 2 saturated heterocycles. The fourth-order valence-electron chi connectivity index (χ4n) is 4.35. The van der Waals surface area contributed by atoms with E-state index in [0.717, 1.165) is 25.1 Å². The van der Waals surface area contributed by atoms with Crippen molar-refractivity contribution >= 4 is 23.4 Å². The number of rotatable bonds is 7. The van der Waals surface area contributed by atoms with Crippen LogP contribution in [0.15, 0.2) is 36.5 Å². The zero-order valence-electron chi connectivity index (χ0n) is 17.0. The molecule has 1 aromatic carbocycles. The minimum atomic E-state index is -0.498. The Morgan fingerprint density at radius 3 is 2.67 bits per heavy atom. The second-order valence-electron chi connectivity index (χ2n) is 7.89. The van der Waals surface area contributed by atoms with E-state index in [0.29, 0.717) is 44.3 Å². The quantitative estimate of drug-likeness (QED) is 0.705. The molecular formula is C22H27N5O3. The lowest BCUT2D eigenvalue weighted by Crippen LogP contribution is -2.41. The highest BCUT2D eigenvalue weighted by Gasteiger charge is 2.36. The van der Waals surface area contributed by atoms with Gasteiger partial charge in [-0.2, -0.15) is 5.10 Å². The molecule has 3 heterocycles. The van der Waals surface area contributed by atoms with E-state index in [1.54, 1.807) is 9.58 Å². The summed E-state index contributed by atoms with van der Waals surface area (Å²) in [7, 11) is 0. The highest BCUT2D eigenvalue weighted by molar-refractivity contribution is 6.05. The summed E-state index contributed by atoms with van der Waals surface area (Å²) in [4.78, 5) is 41.1. The van der Waals surface area contributed by atoms with Crippen LogP contribution in [0.2, 0.25) is 0 Å². The van der Waals surface area contributed by atoms with Crippen LogP contribution in [0.3, 0.4) is 0 Å². The Labute approximate surface area is 175 Å². The summed E-state index contributed by atoms with van der Waals surface area (Å²) in [5, 5.41) is 4.28. The molecule has 0 radical (unpaired) electrons. The number of nitrogens with two attached hydrogens (primary N) is 1. The van der Waals surface area contributed by atoms with Gasteiger partial charge in [-0.1, -0.05) is 18.2 Å². The van der Waals surface area contributed by atoms with Gasteiger partial charge in [0.1, 0.15) is 5.82 Å². The lowest BCUT2D eigenvalue weighted by atomic mass is 10.0. The predicted molar refractivity (Wildman–Crippen MR) is 112 cm³/mol. The number of Topliss-reactive ketones (excluding diaryl/α,β-unsaturated/α-hetero) is 1. The summed E-state index contributed by atoms with van der Waals surface area (Å²) in [5.41, 5.74) is 7.36. The third-order valence-electron chi connectivity index (χ3n) is 5.94. The Morgan fingerprint density at radius 1 is 1.13 bits per heavy atom. The number of ketones is 1. The smallest absolute Gasteiger partial charge is 0.223 e. The van der Waals surface area contributed by atoms with Crippen LogP contribution in [-0.2, 0) is 9.59 Å². The normalized spacial score (nSPS) is 18.9. The van der Waals surface area contributed by atoms with Crippen molar-refractivity contribution in [1.29, 1.82) is 0 Å². The molecular weight excluding hydrogens is 382 g/mol. The number of carbonyl (C=O) groups excluding carboxylic acids is 3. The first-order chi connectivity index (χ1) is 14.6. The van der Waals surface area contributed by atoms with Gasteiger partial charge < -0.3 is 15.5 Å². The third-order valence-corrected chi connectivity index (χ3v) is 5.94. The monoisotopic (exact) mass is 409 g/mol. The molecule has 2 amide bonds. The average molecular weight is 409 g/mol. The van der Waals surface area contributed by atoms with E-state index in [1.807, 2.05) is 35.2 Å². The van der Waals surface area contributed by atoms with Gasteiger partial charge in [0.25, 0.3) is 0 Å². The topological polar surface area (TPSA) is 102 Å². The summed E-state index contributed by atoms with van der Waals surface area (Å²) in [6.07, 6.45) is 5.37. The van der Waals surface area contributed by atoms with Crippen LogP contribution >= 0.6 is 0 Å². The number of para-hydroxylation sites is 1. The number of hydrogen-bond donors (Lipinski definition) is 1. The van der Waals surface area contributed by atoms with Crippen LogP contribution in [0.4, 0.5) is 5.82 Å². The number of aromatic nitrogens is 2. The summed E-state index contributed by atoms with van der Waals surface area (Å²) < 4.78 is 1.54. The number of benzene rings is 1. The predicted octanol–water partition coefficient (Wildman–Crippen LogP) is 2.03. The van der Waals surface area contributed by atoms with Crippen molar-refractivity contribution < 1.29 is 14.4 Å². The molecule has 8 nitrogen and oxygen atoms in total. The maximum atomic E-state index is 13.2. The average Bonchev–Trinajstić information content (AvgIpc) is 3.48. The SMILES string of the molecule is Nc1c(C(=O)C2CCCN2C(=O)CCCN2CCCC2=O)cnn1-c1ccccc1. The van der Waals surface area contributed by atoms with Gasteiger partial charge in [0.05, 0.1) is 23.5 Å². The number of nitrogen functional groups attached to an aromatic ring is 1. The van der Waals surface area contributed by atoms with Crippen molar-refractivity contribution in [2.45, 2.75) is 44.6 Å². The van der Waals surface area contributed by atoms with Crippen molar-refractivity contribution in [3.63, 3.8) is 0 Å². The van der Waals surface area contributed by atoms with E-state index in [2.05, 4.69) is 5.10 Å². The lowest BCUT2D eigenvalue weighted by Gasteiger charge is -2.24. The van der Waals surface area contributed by atoms with Crippen LogP contribution in [0.1, 0.15) is 48.9 Å². The summed E-state index contributed by atoms with van der Waals surface area (Å²) >= 11 is 0. The molecule has 0 spiro atoms. The summed E-state index contributed by atoms with van der Waals surface area (Å²) in [6, 6.07) is 8.90. The van der Waals surface area contributed by atoms with Crippen LogP contribution in [0, 0.1) is 0 Å². The van der Waals surface area contributed by atoms with Gasteiger partial charge in [-0.3, -0.25) is 14.4 Å². The van der Waals surface area contributed by atoms with Gasteiger partial charge in [0, 0.05) is 32.5 Å². The molecule has 0 saturated carbocycles. The van der Waals surface area contributed by atoms with Gasteiger partial charge in [0.2, 0.25) is 11.8 Å². The zero-order chi connectivity index (χ0) is 21.1. The van der Waals surface area contributed by atoms with E-state index >= 15 is 0 Å². The molecule has 2 aliphatic rings. The van der Waals surface area contributed by atoms with Gasteiger partial charge in [-0.15, -0.1) is 0 Å². The number of likely N-dealkylation sites (tertiary alicyclic amines) is 2. The van der Waals surface area contributed by atoms with Crippen molar-refractivity contribution in [2.24, 2.45) is 0 Å². The van der Waals surface area contributed by atoms with Gasteiger partial charge >= 0.3 is 0 Å². The fourth-order valence-corrected chi connectivity index (χ4v) is 4.35. The van der Waals surface area contributed by atoms with E-state index < -0.39 is 6.04 Å². The van der Waals surface area contributed by atoms with Crippen LogP contribution < -0.4 is 5.73 Å². The molecule has 1 atom stereocenters. The van der Waals surface area contributed by atoms with Gasteiger partial charge in [-0.25, -0.2) is 4.68 Å². The van der Waals surface area contributed by atoms with Crippen molar-refractivity contribution in [3.05, 3.63) is 42.1 Å². The molecule has 158 valence electrons. The number of anilines is 1. The highest BCUT2D eigenvalue weighted by Crippen LogP contribution is 2.26. The van der Waals surface area contributed by atoms with E-state index in [-0.39, 0.29) is 23.4 Å². The van der Waals surface area contributed by atoms with Crippen LogP contribution in [0.25, 0.3) is 5.69 Å². The molecule has 0 bridgehead atoms. The maximum absolute atomic E-state index is 13.2. The summed E-state index contributed by atoms with van der Waals surface area (Å²) in [6.45, 7) is 1.96. The van der Waals surface area contributed by atoms with Gasteiger partial charge in [0.15, 0.2) is 5.78 Å². The van der Waals surface area contributed by atoms with Crippen molar-refractivity contribution in [2.75, 3.05) is 25.4 Å². The molecule has 2 N–H and O–H groups in total. The molecule has 1 aromatic heterocycles. The minimum absolute atomic E-state index is 0.0356. The van der Waals surface area contributed by atoms with E-state index in [4.69, 9.17) is 5.73 Å². The van der Waals surface area contributed by atoms with E-state index in [9.17, 15) is 14.4 Å². The van der Waals surface area contributed by atoms with Crippen molar-refractivity contribution in [1.82, 2.24) is 19.6 Å². The van der Waals surface area contributed by atoms with Crippen LogP contribution in [-0.4, -0.2) is 62.9 Å². The third kappa shape index (κ3) is 3.94. The largest absolute Gasteiger partial charge is 0.383 e. The lowest BCUT2D eigenvalue weighted by molar-refractivity contribution is -0.132. The molecule has 2 aliphatic heterocycles. The number of carbonyl (C=O) groups is 3. The minimum Gasteiger partial charge on any atom is -0.383 e. The first kappa shape index (κ1) is 20.1. The first-order valence-electron chi connectivity index (χ1n) is 10.6. The van der Waals surface area contributed by atoms with Crippen molar-refractivity contribution in [3.8, 4) is 5.69 Å². The number of hydrogen-bond acceptors (Lipinski definition) is 5. The molecule has 2 fully saturated rings. The standard InChI is InChI=1S/C22H27N5O3/c23-22-17(15-24-27(22)16-7-2-1-3-8-16)21(30)18-9-4-14-26(18)20(29)11-6-13-25-12-5-10-19(25)28/h1-3,7-8,15,18H,4-6,9-14,23H2. The molecule has 8 heteroatoms. The number of nitrogens with zero attached hydrogens (tertiary/aromatic N) is 4. The molecule has 1 unspecified atom stereocenters. The molecule has 4 rings (SSSR count). The first-order valence-corrected chi connectivity index (χ1v) is 10.6. The highest BCUT2D eigenvalue weighted by atomic mass is 16.2. The zero-order valence-corrected chi connectivity index (χ0v) is 17.0. The fraction of sp³-hybridized carbons (Fsp3) is 0.455. The Kier molecular flexibility index (Phi) is 5.83. The Morgan fingerprint density at radius 2 is 1.93 bits per heavy atom. The Bertz CT molecular complexity index is 940.